The average Bonchev–Trinajstić information content (AvgIpc) is 2.75. The summed E-state index contributed by atoms with van der Waals surface area (Å²) >= 11 is 3.28. The molecule has 0 saturated heterocycles. The second kappa shape index (κ2) is 10.3. The fourth-order valence-corrected chi connectivity index (χ4v) is 4.31. The molecule has 0 spiro atoms. The van der Waals surface area contributed by atoms with Crippen molar-refractivity contribution in [2.75, 3.05) is 4.90 Å². The van der Waals surface area contributed by atoms with Gasteiger partial charge in [-0.2, -0.15) is 26.3 Å². The molecule has 0 unspecified atom stereocenters. The van der Waals surface area contributed by atoms with Gasteiger partial charge in [-0.3, -0.25) is 4.90 Å². The molecular formula is C23H24BrF6N3O2. The van der Waals surface area contributed by atoms with E-state index >= 15 is 0 Å². The molecule has 1 aliphatic heterocycles. The van der Waals surface area contributed by atoms with Crippen LogP contribution < -0.4 is 10.2 Å². The van der Waals surface area contributed by atoms with Gasteiger partial charge in [-0.1, -0.05) is 6.92 Å². The van der Waals surface area contributed by atoms with E-state index in [9.17, 15) is 31.1 Å². The topological polar surface area (TPSA) is 54.5 Å². The molecule has 35 heavy (non-hydrogen) atoms. The Balaban J connectivity index is 1.95. The molecule has 0 fully saturated rings. The largest absolute Gasteiger partial charge is 0.446 e. The summed E-state index contributed by atoms with van der Waals surface area (Å²) in [4.78, 5) is 18.8. The monoisotopic (exact) mass is 567 g/mol. The first-order chi connectivity index (χ1) is 16.2. The summed E-state index contributed by atoms with van der Waals surface area (Å²) < 4.78 is 85.2. The fraction of sp³-hybridized carbons (Fsp3) is 0.478. The molecule has 1 amide bonds. The third kappa shape index (κ3) is 6.46. The first-order valence-corrected chi connectivity index (χ1v) is 11.7. The Kier molecular flexibility index (Phi) is 8.05. The number of benzene rings is 1. The summed E-state index contributed by atoms with van der Waals surface area (Å²) in [7, 11) is 0. The molecule has 1 N–H and O–H groups in total. The number of amides is 1. The normalized spacial score (nSPS) is 18.5. The summed E-state index contributed by atoms with van der Waals surface area (Å²) in [5.41, 5.74) is -2.01. The van der Waals surface area contributed by atoms with E-state index in [0.717, 1.165) is 0 Å². The number of ether oxygens (including phenoxy) is 1. The summed E-state index contributed by atoms with van der Waals surface area (Å²) in [5.74, 6) is 0. The molecule has 12 heteroatoms. The minimum Gasteiger partial charge on any atom is -0.446 e. The lowest BCUT2D eigenvalue weighted by molar-refractivity contribution is -0.143. The van der Waals surface area contributed by atoms with E-state index in [2.05, 4.69) is 26.2 Å². The van der Waals surface area contributed by atoms with E-state index in [0.29, 0.717) is 41.0 Å². The number of aromatic nitrogens is 1. The lowest BCUT2D eigenvalue weighted by Gasteiger charge is -2.39. The first-order valence-electron chi connectivity index (χ1n) is 10.9. The van der Waals surface area contributed by atoms with Crippen LogP contribution in [0.5, 0.6) is 0 Å². The van der Waals surface area contributed by atoms with Crippen molar-refractivity contribution in [3.8, 4) is 0 Å². The van der Waals surface area contributed by atoms with Gasteiger partial charge in [-0.25, -0.2) is 9.78 Å². The smallest absolute Gasteiger partial charge is 0.416 e. The molecule has 2 atom stereocenters. The maximum Gasteiger partial charge on any atom is 0.416 e. The standard InChI is InChI=1S/C23H24BrF6N3O2/c1-4-16-10-17(20-18(5-6-19(24)32-20)33(16)21(34)35-12(2)3)31-11-13-7-14(22(25,26)27)9-15(8-13)23(28,29)30/h5-9,12,16-17,31H,4,10-11H2,1-3H3/t16-,17+/m1/s1. The van der Waals surface area contributed by atoms with Crippen LogP contribution in [0.2, 0.25) is 0 Å². The number of halogens is 7. The van der Waals surface area contributed by atoms with E-state index in [1.165, 1.54) is 4.90 Å². The number of nitrogens with one attached hydrogen (secondary N) is 1. The van der Waals surface area contributed by atoms with Crippen LogP contribution in [0.25, 0.3) is 0 Å². The number of carbonyl (C=O) groups excluding carboxylic acids is 1. The number of alkyl halides is 6. The van der Waals surface area contributed by atoms with Crippen LogP contribution in [0.15, 0.2) is 34.9 Å². The predicted octanol–water partition coefficient (Wildman–Crippen LogP) is 7.25. The van der Waals surface area contributed by atoms with Gasteiger partial charge in [0, 0.05) is 12.6 Å². The summed E-state index contributed by atoms with van der Waals surface area (Å²) in [6.07, 6.45) is -9.88. The minimum atomic E-state index is -4.93. The molecule has 1 aliphatic rings. The van der Waals surface area contributed by atoms with Crippen LogP contribution in [-0.2, 0) is 23.6 Å². The minimum absolute atomic E-state index is 0.101. The van der Waals surface area contributed by atoms with Gasteiger partial charge in [-0.05, 0) is 78.5 Å². The molecule has 192 valence electrons. The number of pyridine rings is 1. The Bertz CT molecular complexity index is 1040. The zero-order valence-electron chi connectivity index (χ0n) is 19.1. The van der Waals surface area contributed by atoms with E-state index < -0.39 is 35.6 Å². The number of nitrogens with zero attached hydrogens (tertiary/aromatic N) is 2. The second-order valence-corrected chi connectivity index (χ2v) is 9.30. The molecule has 3 rings (SSSR count). The lowest BCUT2D eigenvalue weighted by atomic mass is 9.93. The number of hydrogen-bond donors (Lipinski definition) is 1. The van der Waals surface area contributed by atoms with Crippen LogP contribution >= 0.6 is 15.9 Å². The van der Waals surface area contributed by atoms with Gasteiger partial charge in [0.25, 0.3) is 0 Å². The molecule has 0 saturated carbocycles. The van der Waals surface area contributed by atoms with Crippen LogP contribution in [0, 0.1) is 0 Å². The SMILES string of the molecule is CC[C@@H]1C[C@H](NCc2cc(C(F)(F)F)cc(C(F)(F)F)c2)c2nc(Br)ccc2N1C(=O)OC(C)C. The molecule has 5 nitrogen and oxygen atoms in total. The zero-order chi connectivity index (χ0) is 26.1. The van der Waals surface area contributed by atoms with Crippen molar-refractivity contribution in [2.24, 2.45) is 0 Å². The van der Waals surface area contributed by atoms with Crippen LogP contribution in [-0.4, -0.2) is 23.2 Å². The molecule has 2 heterocycles. The van der Waals surface area contributed by atoms with Crippen LogP contribution in [0.1, 0.15) is 62.0 Å². The van der Waals surface area contributed by atoms with Crippen LogP contribution in [0.4, 0.5) is 36.8 Å². The lowest BCUT2D eigenvalue weighted by Crippen LogP contribution is -2.47. The van der Waals surface area contributed by atoms with Gasteiger partial charge < -0.3 is 10.1 Å². The van der Waals surface area contributed by atoms with Crippen molar-refractivity contribution in [3.05, 3.63) is 57.3 Å². The van der Waals surface area contributed by atoms with Crippen molar-refractivity contribution in [1.29, 1.82) is 0 Å². The molecule has 2 aromatic rings. The first kappa shape index (κ1) is 27.3. The Morgan fingerprint density at radius 3 is 2.26 bits per heavy atom. The maximum atomic E-state index is 13.2. The van der Waals surface area contributed by atoms with Crippen molar-refractivity contribution < 1.29 is 35.9 Å². The molecular weight excluding hydrogens is 544 g/mol. The van der Waals surface area contributed by atoms with Gasteiger partial charge in [0.2, 0.25) is 0 Å². The van der Waals surface area contributed by atoms with E-state index in [-0.39, 0.29) is 30.3 Å². The van der Waals surface area contributed by atoms with Gasteiger partial charge in [0.05, 0.1) is 34.7 Å². The van der Waals surface area contributed by atoms with Gasteiger partial charge in [0.15, 0.2) is 0 Å². The Morgan fingerprint density at radius 2 is 1.74 bits per heavy atom. The van der Waals surface area contributed by atoms with Crippen molar-refractivity contribution in [2.45, 2.75) is 70.7 Å². The van der Waals surface area contributed by atoms with Gasteiger partial charge >= 0.3 is 18.4 Å². The Labute approximate surface area is 207 Å². The highest BCUT2D eigenvalue weighted by Gasteiger charge is 2.39. The Hall–Kier alpha value is -2.34. The molecule has 0 aliphatic carbocycles. The predicted molar refractivity (Wildman–Crippen MR) is 121 cm³/mol. The highest BCUT2D eigenvalue weighted by atomic mass is 79.9. The maximum absolute atomic E-state index is 13.2. The Morgan fingerprint density at radius 1 is 1.14 bits per heavy atom. The molecule has 0 radical (unpaired) electrons. The van der Waals surface area contributed by atoms with E-state index in [4.69, 9.17) is 4.74 Å². The zero-order valence-corrected chi connectivity index (χ0v) is 20.7. The average molecular weight is 568 g/mol. The highest BCUT2D eigenvalue weighted by molar-refractivity contribution is 9.10. The van der Waals surface area contributed by atoms with E-state index in [1.54, 1.807) is 26.0 Å². The highest BCUT2D eigenvalue weighted by Crippen LogP contribution is 2.40. The second-order valence-electron chi connectivity index (χ2n) is 8.49. The van der Waals surface area contributed by atoms with E-state index in [1.807, 2.05) is 6.92 Å². The number of rotatable bonds is 5. The summed E-state index contributed by atoms with van der Waals surface area (Å²) in [6.45, 7) is 5.05. The number of hydrogen-bond acceptors (Lipinski definition) is 4. The van der Waals surface area contributed by atoms with Crippen molar-refractivity contribution in [3.63, 3.8) is 0 Å². The summed E-state index contributed by atoms with van der Waals surface area (Å²) in [6, 6.07) is 3.97. The van der Waals surface area contributed by atoms with Gasteiger partial charge in [0.1, 0.15) is 4.60 Å². The molecule has 0 bridgehead atoms. The van der Waals surface area contributed by atoms with Crippen molar-refractivity contribution >= 4 is 27.7 Å². The quantitative estimate of drug-likeness (QED) is 0.305. The third-order valence-electron chi connectivity index (χ3n) is 5.54. The van der Waals surface area contributed by atoms with Crippen molar-refractivity contribution in [1.82, 2.24) is 10.3 Å². The number of carbonyl (C=O) groups is 1. The van der Waals surface area contributed by atoms with Crippen LogP contribution in [0.3, 0.4) is 0 Å². The molecule has 1 aromatic heterocycles. The third-order valence-corrected chi connectivity index (χ3v) is 5.98. The van der Waals surface area contributed by atoms with Gasteiger partial charge in [-0.15, -0.1) is 0 Å². The number of anilines is 1. The molecule has 1 aromatic carbocycles. The fourth-order valence-electron chi connectivity index (χ4n) is 3.99. The summed E-state index contributed by atoms with van der Waals surface area (Å²) in [5, 5.41) is 3.05. The number of fused-ring (bicyclic) bond motifs is 1.